The van der Waals surface area contributed by atoms with Gasteiger partial charge in [0.15, 0.2) is 0 Å². The van der Waals surface area contributed by atoms with Gasteiger partial charge in [0.05, 0.1) is 4.90 Å². The Balaban J connectivity index is 3.18. The van der Waals surface area contributed by atoms with Gasteiger partial charge in [-0.15, -0.1) is 0 Å². The van der Waals surface area contributed by atoms with Crippen molar-refractivity contribution < 1.29 is 13.5 Å². The molecule has 6 heteroatoms. The van der Waals surface area contributed by atoms with Crippen molar-refractivity contribution in [3.8, 4) is 0 Å². The number of benzene rings is 1. The summed E-state index contributed by atoms with van der Waals surface area (Å²) in [6.45, 7) is 6.87. The molecule has 0 saturated carbocycles. The molecule has 2 unspecified atom stereocenters. The predicted octanol–water partition coefficient (Wildman–Crippen LogP) is 1.18. The maximum absolute atomic E-state index is 12.4. The van der Waals surface area contributed by atoms with Gasteiger partial charge < -0.3 is 10.8 Å². The monoisotopic (exact) mass is 286 g/mol. The topological polar surface area (TPSA) is 92.4 Å². The summed E-state index contributed by atoms with van der Waals surface area (Å²) < 4.78 is 27.4. The molecule has 0 saturated heterocycles. The lowest BCUT2D eigenvalue weighted by Gasteiger charge is -2.21. The van der Waals surface area contributed by atoms with Gasteiger partial charge >= 0.3 is 0 Å². The van der Waals surface area contributed by atoms with E-state index < -0.39 is 10.0 Å². The smallest absolute Gasteiger partial charge is 0.241 e. The highest BCUT2D eigenvalue weighted by Crippen LogP contribution is 2.25. The van der Waals surface area contributed by atoms with Gasteiger partial charge in [0, 0.05) is 18.3 Å². The second-order valence-corrected chi connectivity index (χ2v) is 6.65. The lowest BCUT2D eigenvalue weighted by atomic mass is 10.1. The van der Waals surface area contributed by atoms with Crippen molar-refractivity contribution in [2.24, 2.45) is 5.92 Å². The highest BCUT2D eigenvalue weighted by atomic mass is 32.2. The zero-order valence-electron chi connectivity index (χ0n) is 11.8. The molecule has 0 amide bonds. The Hall–Kier alpha value is -1.11. The molecular formula is C13H22N2O3S. The van der Waals surface area contributed by atoms with Crippen LogP contribution >= 0.6 is 0 Å². The Morgan fingerprint density at radius 2 is 1.89 bits per heavy atom. The third kappa shape index (κ3) is 3.46. The number of nitrogens with two attached hydrogens (primary N) is 1. The molecule has 1 aromatic rings. The minimum atomic E-state index is -3.64. The second kappa shape index (κ2) is 5.90. The summed E-state index contributed by atoms with van der Waals surface area (Å²) in [4.78, 5) is 0.226. The van der Waals surface area contributed by atoms with Crippen molar-refractivity contribution in [2.75, 3.05) is 12.3 Å². The van der Waals surface area contributed by atoms with Crippen LogP contribution < -0.4 is 10.5 Å². The number of hydrogen-bond acceptors (Lipinski definition) is 4. The van der Waals surface area contributed by atoms with Crippen LogP contribution in [0.5, 0.6) is 0 Å². The van der Waals surface area contributed by atoms with Crippen molar-refractivity contribution >= 4 is 15.7 Å². The quantitative estimate of drug-likeness (QED) is 0.709. The Labute approximate surface area is 114 Å². The van der Waals surface area contributed by atoms with E-state index in [-0.39, 0.29) is 23.5 Å². The molecule has 0 heterocycles. The SMILES string of the molecule is Cc1ccc(N)c(C)c1S(=O)(=O)NC(C)C(C)CO. The van der Waals surface area contributed by atoms with E-state index in [1.165, 1.54) is 0 Å². The van der Waals surface area contributed by atoms with Crippen LogP contribution in [-0.2, 0) is 10.0 Å². The van der Waals surface area contributed by atoms with Gasteiger partial charge in [-0.1, -0.05) is 13.0 Å². The highest BCUT2D eigenvalue weighted by Gasteiger charge is 2.24. The Kier molecular flexibility index (Phi) is 4.95. The van der Waals surface area contributed by atoms with Gasteiger partial charge in [0.25, 0.3) is 0 Å². The number of rotatable bonds is 5. The molecule has 0 aliphatic carbocycles. The Morgan fingerprint density at radius 1 is 1.32 bits per heavy atom. The van der Waals surface area contributed by atoms with Crippen LogP contribution in [0.2, 0.25) is 0 Å². The molecule has 1 rings (SSSR count). The Morgan fingerprint density at radius 3 is 2.42 bits per heavy atom. The minimum absolute atomic E-state index is 0.0709. The van der Waals surface area contributed by atoms with E-state index in [2.05, 4.69) is 4.72 Å². The second-order valence-electron chi connectivity index (χ2n) is 5.00. The highest BCUT2D eigenvalue weighted by molar-refractivity contribution is 7.89. The summed E-state index contributed by atoms with van der Waals surface area (Å²) in [6.07, 6.45) is 0. The molecule has 4 N–H and O–H groups in total. The van der Waals surface area contributed by atoms with Crippen LogP contribution in [0.15, 0.2) is 17.0 Å². The van der Waals surface area contributed by atoms with Crippen molar-refractivity contribution in [3.63, 3.8) is 0 Å². The van der Waals surface area contributed by atoms with E-state index in [0.717, 1.165) is 0 Å². The predicted molar refractivity (Wildman–Crippen MR) is 76.4 cm³/mol. The van der Waals surface area contributed by atoms with Gasteiger partial charge in [-0.25, -0.2) is 13.1 Å². The normalized spacial score (nSPS) is 15.2. The first-order valence-electron chi connectivity index (χ1n) is 6.19. The zero-order chi connectivity index (χ0) is 14.8. The first-order chi connectivity index (χ1) is 8.70. The third-order valence-electron chi connectivity index (χ3n) is 3.40. The third-order valence-corrected chi connectivity index (χ3v) is 5.24. The number of nitrogen functional groups attached to an aromatic ring is 1. The number of hydrogen-bond donors (Lipinski definition) is 3. The van der Waals surface area contributed by atoms with Crippen LogP contribution in [-0.4, -0.2) is 26.2 Å². The van der Waals surface area contributed by atoms with Crippen molar-refractivity contribution in [1.82, 2.24) is 4.72 Å². The number of aliphatic hydroxyl groups is 1. The molecule has 0 aromatic heterocycles. The molecular weight excluding hydrogens is 264 g/mol. The van der Waals surface area contributed by atoms with Gasteiger partial charge in [0.2, 0.25) is 10.0 Å². The molecule has 0 aliphatic heterocycles. The molecule has 0 radical (unpaired) electrons. The van der Waals surface area contributed by atoms with Crippen LogP contribution in [0.3, 0.4) is 0 Å². The number of sulfonamides is 1. The van der Waals surface area contributed by atoms with Crippen LogP contribution in [0.4, 0.5) is 5.69 Å². The van der Waals surface area contributed by atoms with E-state index in [1.807, 2.05) is 0 Å². The fourth-order valence-electron chi connectivity index (χ4n) is 1.83. The first kappa shape index (κ1) is 15.9. The fraction of sp³-hybridized carbons (Fsp3) is 0.538. The van der Waals surface area contributed by atoms with Gasteiger partial charge in [-0.3, -0.25) is 0 Å². The Bertz CT molecular complexity index is 555. The minimum Gasteiger partial charge on any atom is -0.398 e. The van der Waals surface area contributed by atoms with Crippen molar-refractivity contribution in [1.29, 1.82) is 0 Å². The molecule has 5 nitrogen and oxygen atoms in total. The molecule has 0 bridgehead atoms. The summed E-state index contributed by atoms with van der Waals surface area (Å²) in [5.74, 6) is -0.156. The molecule has 108 valence electrons. The molecule has 1 aromatic carbocycles. The lowest BCUT2D eigenvalue weighted by molar-refractivity contribution is 0.216. The zero-order valence-corrected chi connectivity index (χ0v) is 12.6. The fourth-order valence-corrected chi connectivity index (χ4v) is 3.69. The average Bonchev–Trinajstić information content (AvgIpc) is 2.32. The number of anilines is 1. The van der Waals surface area contributed by atoms with Gasteiger partial charge in [0.1, 0.15) is 0 Å². The standard InChI is InChI=1S/C13H22N2O3S/c1-8-5-6-12(14)10(3)13(8)19(17,18)15-11(4)9(2)7-16/h5-6,9,11,15-16H,7,14H2,1-4H3. The van der Waals surface area contributed by atoms with E-state index >= 15 is 0 Å². The maximum atomic E-state index is 12.4. The molecule has 19 heavy (non-hydrogen) atoms. The van der Waals surface area contributed by atoms with E-state index in [9.17, 15) is 8.42 Å². The number of nitrogens with one attached hydrogen (secondary N) is 1. The summed E-state index contributed by atoms with van der Waals surface area (Å²) in [7, 11) is -3.64. The van der Waals surface area contributed by atoms with Crippen molar-refractivity contribution in [2.45, 2.75) is 38.6 Å². The summed E-state index contributed by atoms with van der Waals surface area (Å²) >= 11 is 0. The number of aliphatic hydroxyl groups excluding tert-OH is 1. The molecule has 0 spiro atoms. The van der Waals surface area contributed by atoms with Crippen molar-refractivity contribution in [3.05, 3.63) is 23.3 Å². The van der Waals surface area contributed by atoms with E-state index in [1.54, 1.807) is 39.8 Å². The van der Waals surface area contributed by atoms with Crippen LogP contribution in [0.1, 0.15) is 25.0 Å². The van der Waals surface area contributed by atoms with Crippen LogP contribution in [0.25, 0.3) is 0 Å². The van der Waals surface area contributed by atoms with Gasteiger partial charge in [-0.2, -0.15) is 0 Å². The molecule has 0 fully saturated rings. The molecule has 0 aliphatic rings. The lowest BCUT2D eigenvalue weighted by Crippen LogP contribution is -2.38. The van der Waals surface area contributed by atoms with E-state index in [0.29, 0.717) is 16.8 Å². The largest absolute Gasteiger partial charge is 0.398 e. The van der Waals surface area contributed by atoms with E-state index in [4.69, 9.17) is 10.8 Å². The molecule has 2 atom stereocenters. The summed E-state index contributed by atoms with van der Waals surface area (Å²) in [5.41, 5.74) is 7.43. The van der Waals surface area contributed by atoms with Crippen LogP contribution in [0, 0.1) is 19.8 Å². The average molecular weight is 286 g/mol. The summed E-state index contributed by atoms with van der Waals surface area (Å²) in [5, 5.41) is 9.07. The van der Waals surface area contributed by atoms with Gasteiger partial charge in [-0.05, 0) is 43.9 Å². The summed E-state index contributed by atoms with van der Waals surface area (Å²) in [6, 6.07) is 3.04. The maximum Gasteiger partial charge on any atom is 0.241 e. The number of aryl methyl sites for hydroxylation is 1. The first-order valence-corrected chi connectivity index (χ1v) is 7.68.